The second kappa shape index (κ2) is 8.62. The lowest BCUT2D eigenvalue weighted by Crippen LogP contribution is -2.54. The summed E-state index contributed by atoms with van der Waals surface area (Å²) < 4.78 is 4.82. The molecule has 0 aromatic carbocycles. The van der Waals surface area contributed by atoms with Crippen LogP contribution < -0.4 is 11.1 Å². The number of hydrogen-bond acceptors (Lipinski definition) is 6. The Bertz CT molecular complexity index is 509. The van der Waals surface area contributed by atoms with Gasteiger partial charge in [-0.15, -0.1) is 0 Å². The molecule has 9 nitrogen and oxygen atoms in total. The van der Waals surface area contributed by atoms with Crippen molar-refractivity contribution in [3.8, 4) is 0 Å². The Kier molecular flexibility index (Phi) is 7.15. The number of carbonyl (C=O) groups is 4. The van der Waals surface area contributed by atoms with Gasteiger partial charge in [-0.1, -0.05) is 6.92 Å². The number of esters is 1. The molecule has 1 heterocycles. The third-order valence-corrected chi connectivity index (χ3v) is 3.95. The molecule has 136 valence electrons. The molecule has 0 aliphatic carbocycles. The van der Waals surface area contributed by atoms with Crippen LogP contribution in [0.15, 0.2) is 0 Å². The monoisotopic (exact) mass is 343 g/mol. The number of β-amino-alcohol motifs (C(OH)–C–C–N with tert-alkyl or cyclic N) is 1. The van der Waals surface area contributed by atoms with Gasteiger partial charge in [0.25, 0.3) is 0 Å². The molecule has 1 aliphatic heterocycles. The molecule has 1 saturated heterocycles. The van der Waals surface area contributed by atoms with Crippen molar-refractivity contribution in [1.29, 1.82) is 0 Å². The lowest BCUT2D eigenvalue weighted by atomic mass is 9.97. The molecule has 1 fully saturated rings. The number of nitrogens with zero attached hydrogens (tertiary/aromatic N) is 1. The molecule has 0 saturated carbocycles. The Labute approximate surface area is 140 Å². The van der Waals surface area contributed by atoms with Gasteiger partial charge in [-0.3, -0.25) is 19.2 Å². The molecule has 9 heteroatoms. The summed E-state index contributed by atoms with van der Waals surface area (Å²) in [7, 11) is 0. The quantitative estimate of drug-likeness (QED) is 0.482. The van der Waals surface area contributed by atoms with E-state index in [1.54, 1.807) is 13.8 Å². The Morgan fingerprint density at radius 3 is 2.50 bits per heavy atom. The van der Waals surface area contributed by atoms with Crippen LogP contribution in [-0.2, 0) is 23.9 Å². The molecule has 4 atom stereocenters. The van der Waals surface area contributed by atoms with Crippen LogP contribution in [-0.4, -0.2) is 65.0 Å². The molecule has 0 bridgehead atoms. The smallest absolute Gasteiger partial charge is 0.306 e. The van der Waals surface area contributed by atoms with Crippen molar-refractivity contribution < 1.29 is 29.0 Å². The van der Waals surface area contributed by atoms with Crippen molar-refractivity contribution in [2.24, 2.45) is 11.7 Å². The molecule has 0 aromatic heterocycles. The van der Waals surface area contributed by atoms with E-state index in [0.29, 0.717) is 0 Å². The topological polar surface area (TPSA) is 139 Å². The SMILES string of the molecule is CCOC(=O)C[C@H](C)[C@H](NC(=O)[C@@H]1C[C@@H](O)CN1C(C)=O)C(N)=O. The highest BCUT2D eigenvalue weighted by Crippen LogP contribution is 2.19. The van der Waals surface area contributed by atoms with E-state index in [4.69, 9.17) is 10.5 Å². The summed E-state index contributed by atoms with van der Waals surface area (Å²) >= 11 is 0. The number of aliphatic hydroxyl groups is 1. The molecular weight excluding hydrogens is 318 g/mol. The highest BCUT2D eigenvalue weighted by Gasteiger charge is 2.39. The predicted octanol–water partition coefficient (Wildman–Crippen LogP) is -1.47. The van der Waals surface area contributed by atoms with Crippen LogP contribution in [0.25, 0.3) is 0 Å². The summed E-state index contributed by atoms with van der Waals surface area (Å²) in [5.41, 5.74) is 5.32. The van der Waals surface area contributed by atoms with E-state index in [9.17, 15) is 24.3 Å². The second-order valence-electron chi connectivity index (χ2n) is 5.95. The Morgan fingerprint density at radius 1 is 1.38 bits per heavy atom. The lowest BCUT2D eigenvalue weighted by Gasteiger charge is -2.26. The standard InChI is InChI=1S/C15H25N3O6/c1-4-24-12(21)5-8(2)13(14(16)22)17-15(23)11-6-10(20)7-18(11)9(3)19/h8,10-11,13,20H,4-7H2,1-3H3,(H2,16,22)(H,17,23)/t8-,10+,11-,13-/m0/s1. The minimum absolute atomic E-state index is 0.0625. The van der Waals surface area contributed by atoms with Crippen molar-refractivity contribution in [3.63, 3.8) is 0 Å². The van der Waals surface area contributed by atoms with Gasteiger partial charge in [0.15, 0.2) is 0 Å². The number of ether oxygens (including phenoxy) is 1. The molecule has 4 N–H and O–H groups in total. The predicted molar refractivity (Wildman–Crippen MR) is 83.3 cm³/mol. The fourth-order valence-corrected chi connectivity index (χ4v) is 2.75. The van der Waals surface area contributed by atoms with Crippen molar-refractivity contribution in [3.05, 3.63) is 0 Å². The number of aliphatic hydroxyl groups excluding tert-OH is 1. The summed E-state index contributed by atoms with van der Waals surface area (Å²) in [6.45, 7) is 4.84. The van der Waals surface area contributed by atoms with Gasteiger partial charge in [-0.05, 0) is 12.8 Å². The van der Waals surface area contributed by atoms with E-state index in [2.05, 4.69) is 5.32 Å². The van der Waals surface area contributed by atoms with Gasteiger partial charge in [0.05, 0.1) is 19.1 Å². The second-order valence-corrected chi connectivity index (χ2v) is 5.95. The molecule has 0 radical (unpaired) electrons. The first-order chi connectivity index (χ1) is 11.2. The van der Waals surface area contributed by atoms with Crippen LogP contribution in [0.2, 0.25) is 0 Å². The first kappa shape index (κ1) is 19.9. The molecule has 0 unspecified atom stereocenters. The lowest BCUT2D eigenvalue weighted by molar-refractivity contribution is -0.145. The maximum atomic E-state index is 12.4. The fraction of sp³-hybridized carbons (Fsp3) is 0.733. The van der Waals surface area contributed by atoms with E-state index < -0.39 is 41.9 Å². The van der Waals surface area contributed by atoms with Crippen molar-refractivity contribution in [2.45, 2.75) is 51.8 Å². The highest BCUT2D eigenvalue weighted by molar-refractivity contribution is 5.92. The molecule has 0 aromatic rings. The van der Waals surface area contributed by atoms with Crippen LogP contribution in [0.3, 0.4) is 0 Å². The third kappa shape index (κ3) is 5.19. The summed E-state index contributed by atoms with van der Waals surface area (Å²) in [6.07, 6.45) is -0.789. The Balaban J connectivity index is 2.77. The van der Waals surface area contributed by atoms with E-state index in [1.165, 1.54) is 11.8 Å². The maximum Gasteiger partial charge on any atom is 0.306 e. The molecule has 1 rings (SSSR count). The van der Waals surface area contributed by atoms with E-state index in [-0.39, 0.29) is 31.9 Å². The zero-order chi connectivity index (χ0) is 18.4. The average Bonchev–Trinajstić information content (AvgIpc) is 2.86. The molecule has 0 spiro atoms. The molecular formula is C15H25N3O6. The zero-order valence-electron chi connectivity index (χ0n) is 14.2. The average molecular weight is 343 g/mol. The van der Waals surface area contributed by atoms with Gasteiger partial charge in [-0.2, -0.15) is 0 Å². The molecule has 24 heavy (non-hydrogen) atoms. The Hall–Kier alpha value is -2.16. The molecule has 3 amide bonds. The number of nitrogens with one attached hydrogen (secondary N) is 1. The maximum absolute atomic E-state index is 12.4. The van der Waals surface area contributed by atoms with Crippen LogP contribution in [0.4, 0.5) is 0 Å². The van der Waals surface area contributed by atoms with Gasteiger partial charge >= 0.3 is 5.97 Å². The summed E-state index contributed by atoms with van der Waals surface area (Å²) in [6, 6.07) is -1.94. The number of amides is 3. The number of carbonyl (C=O) groups excluding carboxylic acids is 4. The van der Waals surface area contributed by atoms with E-state index in [0.717, 1.165) is 0 Å². The zero-order valence-corrected chi connectivity index (χ0v) is 14.2. The van der Waals surface area contributed by atoms with Gasteiger partial charge in [0.1, 0.15) is 12.1 Å². The highest BCUT2D eigenvalue weighted by atomic mass is 16.5. The minimum Gasteiger partial charge on any atom is -0.466 e. The van der Waals surface area contributed by atoms with Gasteiger partial charge in [0, 0.05) is 19.9 Å². The minimum atomic E-state index is -1.08. The largest absolute Gasteiger partial charge is 0.466 e. The van der Waals surface area contributed by atoms with E-state index in [1.807, 2.05) is 0 Å². The van der Waals surface area contributed by atoms with Crippen molar-refractivity contribution in [1.82, 2.24) is 10.2 Å². The van der Waals surface area contributed by atoms with Gasteiger partial charge in [0.2, 0.25) is 17.7 Å². The van der Waals surface area contributed by atoms with Gasteiger partial charge < -0.3 is 25.8 Å². The van der Waals surface area contributed by atoms with Crippen molar-refractivity contribution >= 4 is 23.7 Å². The number of primary amides is 1. The summed E-state index contributed by atoms with van der Waals surface area (Å²) in [4.78, 5) is 48.4. The summed E-state index contributed by atoms with van der Waals surface area (Å²) in [5.74, 6) is -2.77. The number of likely N-dealkylation sites (tertiary alicyclic amines) is 1. The summed E-state index contributed by atoms with van der Waals surface area (Å²) in [5, 5.41) is 12.2. The third-order valence-electron chi connectivity index (χ3n) is 3.95. The van der Waals surface area contributed by atoms with Crippen LogP contribution >= 0.6 is 0 Å². The van der Waals surface area contributed by atoms with Crippen LogP contribution in [0, 0.1) is 5.92 Å². The van der Waals surface area contributed by atoms with E-state index >= 15 is 0 Å². The molecule has 1 aliphatic rings. The number of rotatable bonds is 7. The Morgan fingerprint density at radius 2 is 2.00 bits per heavy atom. The van der Waals surface area contributed by atoms with Crippen molar-refractivity contribution in [2.75, 3.05) is 13.2 Å². The fourth-order valence-electron chi connectivity index (χ4n) is 2.75. The van der Waals surface area contributed by atoms with Gasteiger partial charge in [-0.25, -0.2) is 0 Å². The first-order valence-electron chi connectivity index (χ1n) is 7.87. The van der Waals surface area contributed by atoms with Crippen LogP contribution in [0.5, 0.6) is 0 Å². The number of nitrogens with two attached hydrogens (primary N) is 1. The van der Waals surface area contributed by atoms with Crippen LogP contribution in [0.1, 0.15) is 33.6 Å². The first-order valence-corrected chi connectivity index (χ1v) is 7.87. The normalized spacial score (nSPS) is 22.6. The number of hydrogen-bond donors (Lipinski definition) is 3.